The Morgan fingerprint density at radius 3 is 2.64 bits per heavy atom. The number of hydrogen-bond donors (Lipinski definition) is 0. The van der Waals surface area contributed by atoms with Gasteiger partial charge in [-0.15, -0.1) is 10.2 Å². The molecule has 0 aliphatic rings. The number of ether oxygens (including phenoxy) is 2. The van der Waals surface area contributed by atoms with Crippen molar-refractivity contribution < 1.29 is 14.3 Å². The summed E-state index contributed by atoms with van der Waals surface area (Å²) in [6.07, 6.45) is 0. The molecular formula is C15H19N3O3S. The van der Waals surface area contributed by atoms with Gasteiger partial charge in [-0.3, -0.25) is 4.79 Å². The maximum absolute atomic E-state index is 11.2. The lowest BCUT2D eigenvalue weighted by Gasteiger charge is -2.08. The lowest BCUT2D eigenvalue weighted by atomic mass is 10.2. The SMILES string of the molecule is CCn1c(COc2ccc(C)cc2)nnc1SCC(=O)OC. The molecule has 0 unspecified atom stereocenters. The highest BCUT2D eigenvalue weighted by atomic mass is 32.2. The molecule has 0 saturated heterocycles. The van der Waals surface area contributed by atoms with E-state index in [9.17, 15) is 4.79 Å². The maximum Gasteiger partial charge on any atom is 0.316 e. The summed E-state index contributed by atoms with van der Waals surface area (Å²) in [5.41, 5.74) is 1.19. The number of aromatic nitrogens is 3. The van der Waals surface area contributed by atoms with Gasteiger partial charge in [0.05, 0.1) is 12.9 Å². The largest absolute Gasteiger partial charge is 0.486 e. The van der Waals surface area contributed by atoms with Crippen molar-refractivity contribution in [1.29, 1.82) is 0 Å². The Labute approximate surface area is 133 Å². The topological polar surface area (TPSA) is 66.2 Å². The van der Waals surface area contributed by atoms with E-state index in [0.717, 1.165) is 11.6 Å². The highest BCUT2D eigenvalue weighted by Crippen LogP contribution is 2.19. The zero-order valence-corrected chi connectivity index (χ0v) is 13.7. The second kappa shape index (κ2) is 7.84. The molecule has 6 nitrogen and oxygen atoms in total. The molecule has 22 heavy (non-hydrogen) atoms. The van der Waals surface area contributed by atoms with Crippen LogP contribution >= 0.6 is 11.8 Å². The number of hydrogen-bond acceptors (Lipinski definition) is 6. The van der Waals surface area contributed by atoms with Gasteiger partial charge >= 0.3 is 5.97 Å². The van der Waals surface area contributed by atoms with Crippen molar-refractivity contribution in [1.82, 2.24) is 14.8 Å². The minimum absolute atomic E-state index is 0.216. The Morgan fingerprint density at radius 2 is 2.00 bits per heavy atom. The van der Waals surface area contributed by atoms with Crippen molar-refractivity contribution in [2.75, 3.05) is 12.9 Å². The molecule has 0 fully saturated rings. The molecule has 1 aromatic heterocycles. The van der Waals surface area contributed by atoms with E-state index in [-0.39, 0.29) is 11.7 Å². The van der Waals surface area contributed by atoms with Crippen LogP contribution in [0.2, 0.25) is 0 Å². The summed E-state index contributed by atoms with van der Waals surface area (Å²) in [4.78, 5) is 11.2. The molecule has 2 rings (SSSR count). The molecule has 7 heteroatoms. The van der Waals surface area contributed by atoms with Crippen molar-refractivity contribution >= 4 is 17.7 Å². The standard InChI is InChI=1S/C15H19N3O3S/c1-4-18-13(9-21-12-7-5-11(2)6-8-12)16-17-15(18)22-10-14(19)20-3/h5-8H,4,9-10H2,1-3H3. The molecule has 1 heterocycles. The fraction of sp³-hybridized carbons (Fsp3) is 0.400. The van der Waals surface area contributed by atoms with E-state index in [4.69, 9.17) is 4.74 Å². The third kappa shape index (κ3) is 4.24. The van der Waals surface area contributed by atoms with Crippen molar-refractivity contribution in [2.24, 2.45) is 0 Å². The van der Waals surface area contributed by atoms with Crippen LogP contribution < -0.4 is 4.74 Å². The summed E-state index contributed by atoms with van der Waals surface area (Å²) >= 11 is 1.31. The van der Waals surface area contributed by atoms with Gasteiger partial charge in [0, 0.05) is 6.54 Å². The van der Waals surface area contributed by atoms with Gasteiger partial charge in [0.2, 0.25) is 0 Å². The summed E-state index contributed by atoms with van der Waals surface area (Å²) in [5, 5.41) is 8.94. The Kier molecular flexibility index (Phi) is 5.83. The number of carbonyl (C=O) groups is 1. The molecule has 0 amide bonds. The number of nitrogens with zero attached hydrogens (tertiary/aromatic N) is 3. The molecule has 0 saturated carbocycles. The van der Waals surface area contributed by atoms with E-state index >= 15 is 0 Å². The predicted molar refractivity (Wildman–Crippen MR) is 83.9 cm³/mol. The first-order valence-electron chi connectivity index (χ1n) is 6.95. The third-order valence-corrected chi connectivity index (χ3v) is 3.99. The normalized spacial score (nSPS) is 10.5. The molecule has 0 radical (unpaired) electrons. The second-order valence-electron chi connectivity index (χ2n) is 4.61. The summed E-state index contributed by atoms with van der Waals surface area (Å²) in [6, 6.07) is 7.85. The smallest absolute Gasteiger partial charge is 0.316 e. The summed E-state index contributed by atoms with van der Waals surface area (Å²) in [7, 11) is 1.37. The molecule has 118 valence electrons. The lowest BCUT2D eigenvalue weighted by Crippen LogP contribution is -2.08. The van der Waals surface area contributed by atoms with Crippen LogP contribution in [0, 0.1) is 6.92 Å². The average Bonchev–Trinajstić information content (AvgIpc) is 2.94. The van der Waals surface area contributed by atoms with Gasteiger partial charge in [-0.25, -0.2) is 0 Å². The van der Waals surface area contributed by atoms with Crippen LogP contribution in [0.5, 0.6) is 5.75 Å². The molecule has 0 atom stereocenters. The van der Waals surface area contributed by atoms with E-state index < -0.39 is 0 Å². The first kappa shape index (κ1) is 16.4. The molecule has 0 aliphatic carbocycles. The Morgan fingerprint density at radius 1 is 1.27 bits per heavy atom. The first-order valence-corrected chi connectivity index (χ1v) is 7.93. The van der Waals surface area contributed by atoms with E-state index in [0.29, 0.717) is 18.3 Å². The van der Waals surface area contributed by atoms with Crippen LogP contribution in [0.3, 0.4) is 0 Å². The predicted octanol–water partition coefficient (Wildman–Crippen LogP) is 2.45. The van der Waals surface area contributed by atoms with Crippen molar-refractivity contribution in [3.63, 3.8) is 0 Å². The van der Waals surface area contributed by atoms with Gasteiger partial charge < -0.3 is 14.0 Å². The van der Waals surface area contributed by atoms with Crippen LogP contribution in [0.4, 0.5) is 0 Å². The van der Waals surface area contributed by atoms with Crippen LogP contribution in [-0.2, 0) is 22.7 Å². The zero-order valence-electron chi connectivity index (χ0n) is 12.9. The van der Waals surface area contributed by atoms with Gasteiger partial charge in [-0.2, -0.15) is 0 Å². The van der Waals surface area contributed by atoms with Crippen LogP contribution in [-0.4, -0.2) is 33.6 Å². The van der Waals surface area contributed by atoms with Crippen LogP contribution in [0.15, 0.2) is 29.4 Å². The molecule has 0 bridgehead atoms. The number of benzene rings is 1. The minimum Gasteiger partial charge on any atom is -0.486 e. The van der Waals surface area contributed by atoms with Gasteiger partial charge in [0.1, 0.15) is 12.4 Å². The molecule has 1 aromatic carbocycles. The van der Waals surface area contributed by atoms with Gasteiger partial charge in [-0.1, -0.05) is 29.5 Å². The third-order valence-electron chi connectivity index (χ3n) is 3.05. The Balaban J connectivity index is 2.00. The number of methoxy groups -OCH3 is 1. The lowest BCUT2D eigenvalue weighted by molar-refractivity contribution is -0.137. The van der Waals surface area contributed by atoms with E-state index in [1.165, 1.54) is 24.4 Å². The summed E-state index contributed by atoms with van der Waals surface area (Å²) < 4.78 is 12.3. The van der Waals surface area contributed by atoms with Gasteiger partial charge in [0.15, 0.2) is 11.0 Å². The summed E-state index contributed by atoms with van der Waals surface area (Å²) in [5.74, 6) is 1.46. The molecule has 0 N–H and O–H groups in total. The van der Waals surface area contributed by atoms with Crippen molar-refractivity contribution in [2.45, 2.75) is 32.2 Å². The number of thioether (sulfide) groups is 1. The fourth-order valence-corrected chi connectivity index (χ4v) is 2.67. The van der Waals surface area contributed by atoms with Crippen LogP contribution in [0.1, 0.15) is 18.3 Å². The van der Waals surface area contributed by atoms with E-state index in [1.54, 1.807) is 0 Å². The number of esters is 1. The molecule has 0 spiro atoms. The monoisotopic (exact) mass is 321 g/mol. The van der Waals surface area contributed by atoms with Crippen LogP contribution in [0.25, 0.3) is 0 Å². The number of aryl methyl sites for hydroxylation is 1. The van der Waals surface area contributed by atoms with E-state index in [2.05, 4.69) is 14.9 Å². The van der Waals surface area contributed by atoms with Gasteiger partial charge in [0.25, 0.3) is 0 Å². The molecular weight excluding hydrogens is 302 g/mol. The average molecular weight is 321 g/mol. The Hall–Kier alpha value is -2.02. The Bertz CT molecular complexity index is 625. The minimum atomic E-state index is -0.284. The highest BCUT2D eigenvalue weighted by Gasteiger charge is 2.13. The maximum atomic E-state index is 11.2. The highest BCUT2D eigenvalue weighted by molar-refractivity contribution is 7.99. The number of rotatable bonds is 7. The molecule has 2 aromatic rings. The zero-order chi connectivity index (χ0) is 15.9. The first-order chi connectivity index (χ1) is 10.6. The summed E-state index contributed by atoms with van der Waals surface area (Å²) in [6.45, 7) is 5.08. The van der Waals surface area contributed by atoms with Crippen molar-refractivity contribution in [3.05, 3.63) is 35.7 Å². The van der Waals surface area contributed by atoms with Crippen molar-refractivity contribution in [3.8, 4) is 5.75 Å². The van der Waals surface area contributed by atoms with Gasteiger partial charge in [-0.05, 0) is 26.0 Å². The second-order valence-corrected chi connectivity index (χ2v) is 5.55. The van der Waals surface area contributed by atoms with E-state index in [1.807, 2.05) is 42.7 Å². The molecule has 0 aliphatic heterocycles. The quantitative estimate of drug-likeness (QED) is 0.576. The number of carbonyl (C=O) groups excluding carboxylic acids is 1. The fourth-order valence-electron chi connectivity index (χ4n) is 1.81.